The van der Waals surface area contributed by atoms with Gasteiger partial charge in [-0.15, -0.1) is 11.8 Å². The minimum absolute atomic E-state index is 0.0587. The average molecular weight is 515 g/mol. The summed E-state index contributed by atoms with van der Waals surface area (Å²) < 4.78 is 20.6. The highest BCUT2D eigenvalue weighted by Crippen LogP contribution is 2.43. The molecule has 0 spiro atoms. The molecule has 1 saturated heterocycles. The first-order valence-corrected chi connectivity index (χ1v) is 13.4. The van der Waals surface area contributed by atoms with Crippen LogP contribution in [0.15, 0.2) is 41.3 Å². The van der Waals surface area contributed by atoms with E-state index in [0.29, 0.717) is 18.0 Å². The van der Waals surface area contributed by atoms with Crippen LogP contribution in [0, 0.1) is 11.7 Å². The van der Waals surface area contributed by atoms with Crippen LogP contribution in [0.4, 0.5) is 9.52 Å². The van der Waals surface area contributed by atoms with Crippen molar-refractivity contribution in [2.45, 2.75) is 75.0 Å². The van der Waals surface area contributed by atoms with Gasteiger partial charge < -0.3 is 10.5 Å². The summed E-state index contributed by atoms with van der Waals surface area (Å²) in [6, 6.07) is 10.4. The van der Waals surface area contributed by atoms with Gasteiger partial charge in [0.2, 0.25) is 0 Å². The molecular formula is C27H31FN2O3S2. The summed E-state index contributed by atoms with van der Waals surface area (Å²) in [5.74, 6) is -1.01. The highest BCUT2D eigenvalue weighted by Gasteiger charge is 2.49. The number of ketones is 1. The fourth-order valence-electron chi connectivity index (χ4n) is 4.50. The molecule has 1 fully saturated rings. The highest BCUT2D eigenvalue weighted by molar-refractivity contribution is 8.01. The van der Waals surface area contributed by atoms with Crippen LogP contribution in [-0.2, 0) is 26.2 Å². The molecule has 2 heterocycles. The molecule has 0 bridgehead atoms. The number of thioether (sulfide) groups is 1. The lowest BCUT2D eigenvalue weighted by Crippen LogP contribution is -2.52. The molecule has 1 aliphatic rings. The number of nitrogen functional groups attached to an aromatic ring is 1. The molecule has 1 unspecified atom stereocenters. The van der Waals surface area contributed by atoms with Crippen molar-refractivity contribution >= 4 is 50.2 Å². The summed E-state index contributed by atoms with van der Waals surface area (Å²) >= 11 is 2.64. The minimum Gasteiger partial charge on any atom is -0.457 e. The molecule has 186 valence electrons. The number of ether oxygens (including phenoxy) is 1. The number of Topliss-reactive ketones (excluding diaryl/α,β-unsaturated/α-hetero) is 1. The average Bonchev–Trinajstić information content (AvgIpc) is 3.12. The third kappa shape index (κ3) is 5.38. The predicted octanol–water partition coefficient (Wildman–Crippen LogP) is 6.32. The largest absolute Gasteiger partial charge is 0.457 e. The van der Waals surface area contributed by atoms with Gasteiger partial charge in [0.15, 0.2) is 16.2 Å². The summed E-state index contributed by atoms with van der Waals surface area (Å²) in [5.41, 5.74) is 7.43. The molecule has 2 atom stereocenters. The summed E-state index contributed by atoms with van der Waals surface area (Å²) in [4.78, 5) is 31.9. The maximum atomic E-state index is 13.6. The number of hydrogen-bond acceptors (Lipinski definition) is 7. The van der Waals surface area contributed by atoms with Crippen molar-refractivity contribution in [2.24, 2.45) is 5.92 Å². The van der Waals surface area contributed by atoms with Crippen LogP contribution in [-0.4, -0.2) is 27.6 Å². The third-order valence-electron chi connectivity index (χ3n) is 6.62. The maximum Gasteiger partial charge on any atom is 0.327 e. The number of nitrogens with two attached hydrogens (primary N) is 1. The Morgan fingerprint density at radius 1 is 1.26 bits per heavy atom. The molecule has 3 aromatic rings. The van der Waals surface area contributed by atoms with E-state index in [1.54, 1.807) is 6.07 Å². The van der Waals surface area contributed by atoms with E-state index in [0.717, 1.165) is 26.2 Å². The second kappa shape index (κ2) is 9.54. The second-order valence-electron chi connectivity index (χ2n) is 10.5. The molecule has 35 heavy (non-hydrogen) atoms. The smallest absolute Gasteiger partial charge is 0.327 e. The van der Waals surface area contributed by atoms with E-state index in [2.05, 4.69) is 25.8 Å². The van der Waals surface area contributed by atoms with Crippen molar-refractivity contribution in [1.29, 1.82) is 0 Å². The number of hydrogen-bond donors (Lipinski definition) is 1. The first kappa shape index (κ1) is 25.6. The Bertz CT molecular complexity index is 1260. The van der Waals surface area contributed by atoms with Crippen molar-refractivity contribution in [3.05, 3.63) is 53.3 Å². The molecule has 2 aromatic carbocycles. The normalized spacial score (nSPS) is 21.1. The fourth-order valence-corrected chi connectivity index (χ4v) is 6.63. The molecule has 1 aromatic heterocycles. The number of halogens is 1. The Morgan fingerprint density at radius 2 is 2.00 bits per heavy atom. The summed E-state index contributed by atoms with van der Waals surface area (Å²) in [6.45, 7) is 10.2. The van der Waals surface area contributed by atoms with Crippen molar-refractivity contribution in [1.82, 2.24) is 4.98 Å². The monoisotopic (exact) mass is 514 g/mol. The third-order valence-corrected chi connectivity index (χ3v) is 8.75. The van der Waals surface area contributed by atoms with Crippen LogP contribution < -0.4 is 5.73 Å². The van der Waals surface area contributed by atoms with Crippen LogP contribution >= 0.6 is 23.1 Å². The molecule has 8 heteroatoms. The van der Waals surface area contributed by atoms with Crippen molar-refractivity contribution in [3.8, 4) is 0 Å². The van der Waals surface area contributed by atoms with Gasteiger partial charge in [-0.2, -0.15) is 0 Å². The van der Waals surface area contributed by atoms with Gasteiger partial charge in [0.05, 0.1) is 10.2 Å². The predicted molar refractivity (Wildman–Crippen MR) is 140 cm³/mol. The number of esters is 1. The van der Waals surface area contributed by atoms with E-state index < -0.39 is 16.8 Å². The Kier molecular flexibility index (Phi) is 6.99. The molecule has 2 N–H and O–H groups in total. The number of cyclic esters (lactones) is 1. The van der Waals surface area contributed by atoms with Crippen LogP contribution in [0.25, 0.3) is 10.2 Å². The minimum atomic E-state index is -0.931. The van der Waals surface area contributed by atoms with E-state index in [9.17, 15) is 14.0 Å². The Morgan fingerprint density at radius 3 is 2.63 bits per heavy atom. The van der Waals surface area contributed by atoms with Crippen LogP contribution in [0.5, 0.6) is 0 Å². The Labute approximate surface area is 213 Å². The number of anilines is 1. The van der Waals surface area contributed by atoms with Gasteiger partial charge in [0.1, 0.15) is 11.4 Å². The van der Waals surface area contributed by atoms with Crippen LogP contribution in [0.3, 0.4) is 0 Å². The Balaban J connectivity index is 1.59. The van der Waals surface area contributed by atoms with Gasteiger partial charge >= 0.3 is 5.97 Å². The number of carbonyl (C=O) groups is 2. The van der Waals surface area contributed by atoms with Crippen LogP contribution in [0.1, 0.15) is 58.6 Å². The van der Waals surface area contributed by atoms with Crippen molar-refractivity contribution < 1.29 is 18.7 Å². The second-order valence-corrected chi connectivity index (χ2v) is 12.7. The molecule has 0 radical (unpaired) electrons. The summed E-state index contributed by atoms with van der Waals surface area (Å²) in [7, 11) is 0. The number of thiazole rings is 1. The van der Waals surface area contributed by atoms with E-state index >= 15 is 0 Å². The Hall–Kier alpha value is -2.45. The summed E-state index contributed by atoms with van der Waals surface area (Å²) in [5, 5.41) is -0.449. The van der Waals surface area contributed by atoms with Crippen molar-refractivity contribution in [3.63, 3.8) is 0 Å². The number of carbonyl (C=O) groups excluding carboxylic acids is 2. The maximum absolute atomic E-state index is 13.6. The fraction of sp³-hybridized carbons (Fsp3) is 0.444. The van der Waals surface area contributed by atoms with Gasteiger partial charge in [-0.3, -0.25) is 9.59 Å². The topological polar surface area (TPSA) is 82.3 Å². The molecule has 0 saturated carbocycles. The molecule has 1 aliphatic heterocycles. The number of benzene rings is 2. The van der Waals surface area contributed by atoms with Gasteiger partial charge in [-0.1, -0.05) is 58.1 Å². The van der Waals surface area contributed by atoms with E-state index in [-0.39, 0.29) is 29.4 Å². The summed E-state index contributed by atoms with van der Waals surface area (Å²) in [6.07, 6.45) is 1.12. The standard InChI is InChI=1S/C27H31FN2O3S2/c1-15(2)27(10-9-16-7-6-8-17(28)11-16)14-20(31)23(24(32)33-27)34-21-13-22-19(30-25(29)35-22)12-18(21)26(3,4)5/h6-8,11-13,15,23H,9-10,14H2,1-5H3,(H2,29,30)/t23?,27-/m0/s1. The first-order valence-electron chi connectivity index (χ1n) is 11.8. The van der Waals surface area contributed by atoms with Gasteiger partial charge in [-0.25, -0.2) is 9.37 Å². The quantitative estimate of drug-likeness (QED) is 0.306. The molecule has 5 nitrogen and oxygen atoms in total. The first-order chi connectivity index (χ1) is 16.4. The van der Waals surface area contributed by atoms with E-state index in [1.807, 2.05) is 32.0 Å². The number of fused-ring (bicyclic) bond motifs is 1. The number of aryl methyl sites for hydroxylation is 1. The van der Waals surface area contributed by atoms with Gasteiger partial charge in [-0.05, 0) is 59.6 Å². The zero-order chi connectivity index (χ0) is 25.5. The molecular weight excluding hydrogens is 483 g/mol. The SMILES string of the molecule is CC(C)[C@]1(CCc2cccc(F)c2)CC(=O)C(Sc2cc3sc(N)nc3cc2C(C)(C)C)C(=O)O1. The molecule has 0 aliphatic carbocycles. The molecule has 4 rings (SSSR count). The van der Waals surface area contributed by atoms with Crippen molar-refractivity contribution in [2.75, 3.05) is 5.73 Å². The zero-order valence-electron chi connectivity index (χ0n) is 20.7. The van der Waals surface area contributed by atoms with Gasteiger partial charge in [0.25, 0.3) is 0 Å². The van der Waals surface area contributed by atoms with E-state index in [4.69, 9.17) is 10.5 Å². The molecule has 0 amide bonds. The van der Waals surface area contributed by atoms with E-state index in [1.165, 1.54) is 35.2 Å². The van der Waals surface area contributed by atoms with Gasteiger partial charge in [0, 0.05) is 11.3 Å². The lowest BCUT2D eigenvalue weighted by Gasteiger charge is -2.41. The number of aromatic nitrogens is 1. The zero-order valence-corrected chi connectivity index (χ0v) is 22.3. The highest BCUT2D eigenvalue weighted by atomic mass is 32.2. The van der Waals surface area contributed by atoms with Crippen LogP contribution in [0.2, 0.25) is 0 Å². The lowest BCUT2D eigenvalue weighted by atomic mass is 9.78. The lowest BCUT2D eigenvalue weighted by molar-refractivity contribution is -0.176. The number of nitrogens with zero attached hydrogens (tertiary/aromatic N) is 1. The number of rotatable bonds is 6.